The minimum absolute atomic E-state index is 0.366. The summed E-state index contributed by atoms with van der Waals surface area (Å²) in [7, 11) is 1.48. The van der Waals surface area contributed by atoms with Crippen LogP contribution < -0.4 is 4.74 Å². The molecule has 0 radical (unpaired) electrons. The van der Waals surface area contributed by atoms with E-state index in [4.69, 9.17) is 14.2 Å². The molecule has 5 nitrogen and oxygen atoms in total. The zero-order valence-electron chi connectivity index (χ0n) is 8.85. The van der Waals surface area contributed by atoms with E-state index in [2.05, 4.69) is 0 Å². The van der Waals surface area contributed by atoms with Crippen LogP contribution in [0.15, 0.2) is 18.2 Å². The van der Waals surface area contributed by atoms with E-state index in [1.165, 1.54) is 14.0 Å². The lowest BCUT2D eigenvalue weighted by Crippen LogP contribution is -2.08. The maximum atomic E-state index is 11.5. The number of rotatable bonds is 2. The molecule has 0 saturated heterocycles. The molecule has 1 aliphatic rings. The Bertz CT molecular complexity index is 450. The molecule has 1 aliphatic heterocycles. The Morgan fingerprint density at radius 2 is 2.19 bits per heavy atom. The minimum atomic E-state index is -1.00. The molecule has 1 atom stereocenters. The molecule has 5 heteroatoms. The summed E-state index contributed by atoms with van der Waals surface area (Å²) in [6.07, 6.45) is -1.00. The summed E-state index contributed by atoms with van der Waals surface area (Å²) in [5.41, 5.74) is 0.829. The van der Waals surface area contributed by atoms with Gasteiger partial charge >= 0.3 is 11.9 Å². The second-order valence-electron chi connectivity index (χ2n) is 3.27. The van der Waals surface area contributed by atoms with Gasteiger partial charge in [-0.25, -0.2) is 4.79 Å². The highest BCUT2D eigenvalue weighted by atomic mass is 16.7. The van der Waals surface area contributed by atoms with Gasteiger partial charge in [0.15, 0.2) is 0 Å². The molecule has 0 aliphatic carbocycles. The first-order valence-corrected chi connectivity index (χ1v) is 4.68. The third-order valence-electron chi connectivity index (χ3n) is 2.23. The summed E-state index contributed by atoms with van der Waals surface area (Å²) in [6.45, 7) is 1.25. The second-order valence-corrected chi connectivity index (χ2v) is 3.27. The van der Waals surface area contributed by atoms with Gasteiger partial charge in [-0.3, -0.25) is 4.79 Å². The molecule has 0 N–H and O–H groups in total. The summed E-state index contributed by atoms with van der Waals surface area (Å²) in [6, 6.07) is 4.95. The second kappa shape index (κ2) is 3.84. The van der Waals surface area contributed by atoms with Gasteiger partial charge in [0, 0.05) is 6.92 Å². The van der Waals surface area contributed by atoms with Gasteiger partial charge in [0.2, 0.25) is 0 Å². The smallest absolute Gasteiger partial charge is 0.342 e. The third-order valence-corrected chi connectivity index (χ3v) is 2.23. The van der Waals surface area contributed by atoms with Crippen molar-refractivity contribution in [2.45, 2.75) is 13.2 Å². The van der Waals surface area contributed by atoms with E-state index < -0.39 is 18.2 Å². The maximum Gasteiger partial charge on any atom is 0.342 e. The van der Waals surface area contributed by atoms with Crippen LogP contribution in [0.5, 0.6) is 5.75 Å². The number of carbonyl (C=O) groups excluding carboxylic acids is 2. The van der Waals surface area contributed by atoms with Crippen LogP contribution in [-0.4, -0.2) is 19.0 Å². The maximum absolute atomic E-state index is 11.5. The quantitative estimate of drug-likeness (QED) is 0.708. The lowest BCUT2D eigenvalue weighted by atomic mass is 10.1. The van der Waals surface area contributed by atoms with E-state index in [-0.39, 0.29) is 0 Å². The molecule has 0 amide bonds. The van der Waals surface area contributed by atoms with Crippen LogP contribution in [0.2, 0.25) is 0 Å². The van der Waals surface area contributed by atoms with Crippen LogP contribution >= 0.6 is 0 Å². The van der Waals surface area contributed by atoms with Gasteiger partial charge in [-0.2, -0.15) is 0 Å². The summed E-state index contributed by atoms with van der Waals surface area (Å²) < 4.78 is 14.9. The highest BCUT2D eigenvalue weighted by Crippen LogP contribution is 2.38. The molecule has 2 rings (SSSR count). The fourth-order valence-corrected chi connectivity index (χ4v) is 1.60. The Hall–Kier alpha value is -2.04. The Morgan fingerprint density at radius 1 is 1.44 bits per heavy atom. The van der Waals surface area contributed by atoms with Crippen molar-refractivity contribution in [1.82, 2.24) is 0 Å². The van der Waals surface area contributed by atoms with E-state index >= 15 is 0 Å². The molecule has 1 unspecified atom stereocenters. The largest absolute Gasteiger partial charge is 0.496 e. The van der Waals surface area contributed by atoms with Crippen LogP contribution in [0, 0.1) is 0 Å². The van der Waals surface area contributed by atoms with Crippen molar-refractivity contribution >= 4 is 11.9 Å². The van der Waals surface area contributed by atoms with Crippen molar-refractivity contribution < 1.29 is 23.8 Å². The number of ether oxygens (including phenoxy) is 3. The molecule has 1 aromatic rings. The lowest BCUT2D eigenvalue weighted by molar-refractivity contribution is -0.165. The molecular formula is C11H10O5. The number of hydrogen-bond acceptors (Lipinski definition) is 5. The number of esters is 2. The van der Waals surface area contributed by atoms with Crippen LogP contribution in [-0.2, 0) is 14.3 Å². The Morgan fingerprint density at radius 3 is 2.81 bits per heavy atom. The zero-order chi connectivity index (χ0) is 11.7. The van der Waals surface area contributed by atoms with Crippen molar-refractivity contribution in [1.29, 1.82) is 0 Å². The first kappa shape index (κ1) is 10.5. The van der Waals surface area contributed by atoms with Gasteiger partial charge in [-0.15, -0.1) is 0 Å². The standard InChI is InChI=1S/C11H10O5/c1-6(12)15-11-9-7(10(13)16-11)4-3-5-8(9)14-2/h3-5,11H,1-2H3. The first-order chi connectivity index (χ1) is 7.63. The van der Waals surface area contributed by atoms with Gasteiger partial charge in [-0.05, 0) is 12.1 Å². The van der Waals surface area contributed by atoms with Crippen LogP contribution in [0.1, 0.15) is 29.1 Å². The van der Waals surface area contributed by atoms with Gasteiger partial charge in [0.25, 0.3) is 6.29 Å². The minimum Gasteiger partial charge on any atom is -0.496 e. The topological polar surface area (TPSA) is 61.8 Å². The number of fused-ring (bicyclic) bond motifs is 1. The SMILES string of the molecule is COc1cccc2c1C(OC(C)=O)OC2=O. The number of benzene rings is 1. The van der Waals surface area contributed by atoms with Gasteiger partial charge in [0.1, 0.15) is 5.75 Å². The van der Waals surface area contributed by atoms with E-state index in [0.717, 1.165) is 0 Å². The highest BCUT2D eigenvalue weighted by Gasteiger charge is 2.36. The van der Waals surface area contributed by atoms with Gasteiger partial charge in [0.05, 0.1) is 18.2 Å². The van der Waals surface area contributed by atoms with Crippen molar-refractivity contribution in [3.8, 4) is 5.75 Å². The van der Waals surface area contributed by atoms with E-state index in [1.807, 2.05) is 0 Å². The summed E-state index contributed by atoms with van der Waals surface area (Å²) in [5, 5.41) is 0. The first-order valence-electron chi connectivity index (χ1n) is 4.68. The van der Waals surface area contributed by atoms with Crippen molar-refractivity contribution in [3.05, 3.63) is 29.3 Å². The monoisotopic (exact) mass is 222 g/mol. The zero-order valence-corrected chi connectivity index (χ0v) is 8.85. The molecule has 0 bridgehead atoms. The molecule has 0 aromatic heterocycles. The molecule has 0 saturated carbocycles. The van der Waals surface area contributed by atoms with E-state index in [9.17, 15) is 9.59 Å². The Balaban J connectivity index is 2.45. The average Bonchev–Trinajstić information content (AvgIpc) is 2.55. The normalized spacial score (nSPS) is 17.6. The predicted octanol–water partition coefficient (Wildman–Crippen LogP) is 1.43. The molecule has 0 fully saturated rings. The summed E-state index contributed by atoms with van der Waals surface area (Å²) >= 11 is 0. The number of methoxy groups -OCH3 is 1. The van der Waals surface area contributed by atoms with Gasteiger partial charge in [-0.1, -0.05) is 6.07 Å². The molecule has 0 spiro atoms. The molecule has 84 valence electrons. The van der Waals surface area contributed by atoms with Crippen molar-refractivity contribution in [2.24, 2.45) is 0 Å². The van der Waals surface area contributed by atoms with Crippen molar-refractivity contribution in [3.63, 3.8) is 0 Å². The Labute approximate surface area is 91.9 Å². The van der Waals surface area contributed by atoms with Crippen molar-refractivity contribution in [2.75, 3.05) is 7.11 Å². The molecule has 1 heterocycles. The predicted molar refractivity (Wildman–Crippen MR) is 52.9 cm³/mol. The van der Waals surface area contributed by atoms with Crippen LogP contribution in [0.3, 0.4) is 0 Å². The number of cyclic esters (lactones) is 1. The average molecular weight is 222 g/mol. The third kappa shape index (κ3) is 1.60. The summed E-state index contributed by atoms with van der Waals surface area (Å²) in [4.78, 5) is 22.3. The van der Waals surface area contributed by atoms with Crippen LogP contribution in [0.25, 0.3) is 0 Å². The Kier molecular flexibility index (Phi) is 2.52. The molecule has 16 heavy (non-hydrogen) atoms. The highest BCUT2D eigenvalue weighted by molar-refractivity contribution is 5.95. The fourth-order valence-electron chi connectivity index (χ4n) is 1.60. The van der Waals surface area contributed by atoms with Crippen LogP contribution in [0.4, 0.5) is 0 Å². The fraction of sp³-hybridized carbons (Fsp3) is 0.273. The molecular weight excluding hydrogens is 212 g/mol. The van der Waals surface area contributed by atoms with E-state index in [1.54, 1.807) is 18.2 Å². The number of carbonyl (C=O) groups is 2. The summed E-state index contributed by atoms with van der Waals surface area (Å²) in [5.74, 6) is -0.564. The molecule has 1 aromatic carbocycles. The van der Waals surface area contributed by atoms with Gasteiger partial charge < -0.3 is 14.2 Å². The lowest BCUT2D eigenvalue weighted by Gasteiger charge is -2.12. The number of hydrogen-bond donors (Lipinski definition) is 0. The van der Waals surface area contributed by atoms with E-state index in [0.29, 0.717) is 16.9 Å².